The van der Waals surface area contributed by atoms with Gasteiger partial charge in [-0.25, -0.2) is 4.98 Å². The van der Waals surface area contributed by atoms with Gasteiger partial charge in [-0.05, 0) is 32.3 Å². The number of aliphatic imine (C=N–C) groups is 1. The van der Waals surface area contributed by atoms with E-state index in [0.29, 0.717) is 12.5 Å². The number of nitrogens with one attached hydrogen (secondary N) is 1. The van der Waals surface area contributed by atoms with E-state index in [4.69, 9.17) is 9.73 Å². The van der Waals surface area contributed by atoms with Crippen LogP contribution in [0.15, 0.2) is 40.7 Å². The zero-order chi connectivity index (χ0) is 19.6. The van der Waals surface area contributed by atoms with Crippen molar-refractivity contribution in [2.75, 3.05) is 32.8 Å². The van der Waals surface area contributed by atoms with Gasteiger partial charge in [0.2, 0.25) is 0 Å². The van der Waals surface area contributed by atoms with Crippen LogP contribution in [0.1, 0.15) is 36.0 Å². The Morgan fingerprint density at radius 1 is 1.34 bits per heavy atom. The Bertz CT molecular complexity index is 737. The first-order chi connectivity index (χ1) is 13.7. The first-order valence-corrected chi connectivity index (χ1v) is 11.2. The molecule has 1 aliphatic heterocycles. The lowest BCUT2D eigenvalue weighted by Gasteiger charge is -2.21. The summed E-state index contributed by atoms with van der Waals surface area (Å²) < 4.78 is 5.95. The summed E-state index contributed by atoms with van der Waals surface area (Å²) in [4.78, 5) is 11.8. The second-order valence-electron chi connectivity index (χ2n) is 7.32. The Labute approximate surface area is 196 Å². The summed E-state index contributed by atoms with van der Waals surface area (Å²) in [6.07, 6.45) is 3.22. The van der Waals surface area contributed by atoms with E-state index in [0.717, 1.165) is 63.7 Å². The molecule has 1 aromatic heterocycles. The van der Waals surface area contributed by atoms with E-state index in [2.05, 4.69) is 58.7 Å². The monoisotopic (exact) mass is 528 g/mol. The largest absolute Gasteiger partial charge is 0.376 e. The Morgan fingerprint density at radius 2 is 2.17 bits per heavy atom. The first kappa shape index (κ1) is 24.1. The van der Waals surface area contributed by atoms with Gasteiger partial charge < -0.3 is 15.0 Å². The van der Waals surface area contributed by atoms with Crippen LogP contribution in [0.5, 0.6) is 0 Å². The third kappa shape index (κ3) is 8.22. The van der Waals surface area contributed by atoms with Crippen LogP contribution in [-0.2, 0) is 17.8 Å². The maximum atomic E-state index is 5.95. The maximum Gasteiger partial charge on any atom is 0.193 e. The quantitative estimate of drug-likeness (QED) is 0.225. The van der Waals surface area contributed by atoms with Crippen LogP contribution in [0.3, 0.4) is 0 Å². The van der Waals surface area contributed by atoms with Crippen LogP contribution in [0.4, 0.5) is 0 Å². The number of nitrogens with zero attached hydrogens (tertiary/aromatic N) is 3. The standard InChI is InChI=1S/C22H32N4OS.HI/c1-3-23-22(24-12-7-10-21-25-18(2)17-28-21)26-13-11-20(14-26)16-27-15-19-8-5-4-6-9-19;/h4-6,8-9,17,20H,3,7,10-16H2,1-2H3,(H,23,24);1H. The topological polar surface area (TPSA) is 49.8 Å². The van der Waals surface area contributed by atoms with Gasteiger partial charge in [-0.1, -0.05) is 30.3 Å². The van der Waals surface area contributed by atoms with Gasteiger partial charge in [0.15, 0.2) is 5.96 Å². The molecule has 1 saturated heterocycles. The zero-order valence-electron chi connectivity index (χ0n) is 17.5. The minimum atomic E-state index is 0. The number of hydrogen-bond acceptors (Lipinski definition) is 4. The van der Waals surface area contributed by atoms with Gasteiger partial charge in [0.1, 0.15) is 0 Å². The highest BCUT2D eigenvalue weighted by Crippen LogP contribution is 2.17. The number of aromatic nitrogens is 1. The molecule has 0 spiro atoms. The van der Waals surface area contributed by atoms with E-state index >= 15 is 0 Å². The molecular weight excluding hydrogens is 495 g/mol. The zero-order valence-corrected chi connectivity index (χ0v) is 20.6. The minimum Gasteiger partial charge on any atom is -0.376 e. The van der Waals surface area contributed by atoms with Gasteiger partial charge >= 0.3 is 0 Å². The number of rotatable bonds is 9. The molecular formula is C22H33IN4OS. The van der Waals surface area contributed by atoms with E-state index in [1.54, 1.807) is 11.3 Å². The van der Waals surface area contributed by atoms with E-state index < -0.39 is 0 Å². The van der Waals surface area contributed by atoms with Gasteiger partial charge in [-0.15, -0.1) is 35.3 Å². The lowest BCUT2D eigenvalue weighted by molar-refractivity contribution is 0.0907. The summed E-state index contributed by atoms with van der Waals surface area (Å²) in [5.41, 5.74) is 2.36. The molecule has 1 atom stereocenters. The number of thiazole rings is 1. The van der Waals surface area contributed by atoms with Crippen LogP contribution >= 0.6 is 35.3 Å². The van der Waals surface area contributed by atoms with Crippen molar-refractivity contribution >= 4 is 41.3 Å². The average molecular weight is 529 g/mol. The highest BCUT2D eigenvalue weighted by Gasteiger charge is 2.24. The molecule has 3 rings (SSSR count). The van der Waals surface area contributed by atoms with E-state index in [9.17, 15) is 0 Å². The Kier molecular flexibility index (Phi) is 10.9. The molecule has 0 radical (unpaired) electrons. The van der Waals surface area contributed by atoms with E-state index in [-0.39, 0.29) is 24.0 Å². The number of halogens is 1. The van der Waals surface area contributed by atoms with Crippen molar-refractivity contribution in [3.05, 3.63) is 52.0 Å². The molecule has 0 bridgehead atoms. The third-order valence-electron chi connectivity index (χ3n) is 4.86. The lowest BCUT2D eigenvalue weighted by Crippen LogP contribution is -2.40. The summed E-state index contributed by atoms with van der Waals surface area (Å²) in [7, 11) is 0. The second-order valence-corrected chi connectivity index (χ2v) is 8.27. The molecule has 29 heavy (non-hydrogen) atoms. The average Bonchev–Trinajstić information content (AvgIpc) is 3.34. The lowest BCUT2D eigenvalue weighted by atomic mass is 10.1. The summed E-state index contributed by atoms with van der Waals surface area (Å²) >= 11 is 1.75. The highest BCUT2D eigenvalue weighted by molar-refractivity contribution is 14.0. The molecule has 5 nitrogen and oxygen atoms in total. The summed E-state index contributed by atoms with van der Waals surface area (Å²) in [6, 6.07) is 10.4. The van der Waals surface area contributed by atoms with Crippen LogP contribution in [-0.4, -0.2) is 48.6 Å². The van der Waals surface area contributed by atoms with Gasteiger partial charge in [-0.3, -0.25) is 4.99 Å². The van der Waals surface area contributed by atoms with Crippen molar-refractivity contribution in [2.45, 2.75) is 39.7 Å². The van der Waals surface area contributed by atoms with Crippen molar-refractivity contribution in [1.82, 2.24) is 15.2 Å². The molecule has 2 aromatic rings. The number of ether oxygens (including phenoxy) is 1. The Hall–Kier alpha value is -1.19. The SMILES string of the molecule is CCNC(=NCCCc1nc(C)cs1)N1CCC(COCc2ccccc2)C1.I. The summed E-state index contributed by atoms with van der Waals surface area (Å²) in [6.45, 7) is 9.50. The number of aryl methyl sites for hydroxylation is 2. The van der Waals surface area contributed by atoms with Crippen molar-refractivity contribution < 1.29 is 4.74 Å². The molecule has 2 heterocycles. The number of guanidine groups is 1. The molecule has 1 aliphatic rings. The fourth-order valence-electron chi connectivity index (χ4n) is 3.44. The maximum absolute atomic E-state index is 5.95. The number of benzene rings is 1. The predicted octanol–water partition coefficient (Wildman–Crippen LogP) is 4.51. The van der Waals surface area contributed by atoms with Gasteiger partial charge in [0.05, 0.1) is 18.2 Å². The minimum absolute atomic E-state index is 0. The van der Waals surface area contributed by atoms with Crippen LogP contribution in [0, 0.1) is 12.8 Å². The molecule has 1 unspecified atom stereocenters. The van der Waals surface area contributed by atoms with Crippen molar-refractivity contribution in [2.24, 2.45) is 10.9 Å². The third-order valence-corrected chi connectivity index (χ3v) is 5.89. The Morgan fingerprint density at radius 3 is 2.90 bits per heavy atom. The van der Waals surface area contributed by atoms with Crippen LogP contribution in [0.25, 0.3) is 0 Å². The molecule has 0 aliphatic carbocycles. The normalized spacial score (nSPS) is 16.7. The Balaban J connectivity index is 0.00000300. The van der Waals surface area contributed by atoms with Crippen LogP contribution < -0.4 is 5.32 Å². The highest BCUT2D eigenvalue weighted by atomic mass is 127. The smallest absolute Gasteiger partial charge is 0.193 e. The van der Waals surface area contributed by atoms with Gasteiger partial charge in [0.25, 0.3) is 0 Å². The van der Waals surface area contributed by atoms with Crippen molar-refractivity contribution in [1.29, 1.82) is 0 Å². The molecule has 1 fully saturated rings. The number of hydrogen-bond donors (Lipinski definition) is 1. The molecule has 0 amide bonds. The van der Waals surface area contributed by atoms with Gasteiger partial charge in [-0.2, -0.15) is 0 Å². The van der Waals surface area contributed by atoms with Crippen molar-refractivity contribution in [3.8, 4) is 0 Å². The first-order valence-electron chi connectivity index (χ1n) is 10.3. The molecule has 160 valence electrons. The summed E-state index contributed by atoms with van der Waals surface area (Å²) in [5, 5.41) is 6.79. The summed E-state index contributed by atoms with van der Waals surface area (Å²) in [5.74, 6) is 1.62. The fourth-order valence-corrected chi connectivity index (χ4v) is 4.26. The van der Waals surface area contributed by atoms with Crippen LogP contribution in [0.2, 0.25) is 0 Å². The molecule has 0 saturated carbocycles. The van der Waals surface area contributed by atoms with E-state index in [1.807, 2.05) is 6.07 Å². The molecule has 1 aromatic carbocycles. The fraction of sp³-hybridized carbons (Fsp3) is 0.545. The van der Waals surface area contributed by atoms with Crippen molar-refractivity contribution in [3.63, 3.8) is 0 Å². The molecule has 7 heteroatoms. The number of likely N-dealkylation sites (tertiary alicyclic amines) is 1. The second kappa shape index (κ2) is 13.2. The van der Waals surface area contributed by atoms with E-state index in [1.165, 1.54) is 10.6 Å². The van der Waals surface area contributed by atoms with Gasteiger partial charge in [0, 0.05) is 49.6 Å². The predicted molar refractivity (Wildman–Crippen MR) is 132 cm³/mol. The molecule has 1 N–H and O–H groups in total.